The van der Waals surface area contributed by atoms with Gasteiger partial charge >= 0.3 is 7.75 Å². The van der Waals surface area contributed by atoms with E-state index < -0.39 is 164 Å². The lowest BCUT2D eigenvalue weighted by molar-refractivity contribution is -0.148. The van der Waals surface area contributed by atoms with Gasteiger partial charge in [-0.25, -0.2) is 9.24 Å². The molecule has 0 aromatic heterocycles. The molecule has 3 amide bonds. The molecule has 6 aromatic rings. The van der Waals surface area contributed by atoms with Crippen LogP contribution in [0.1, 0.15) is 162 Å². The molecule has 19 N–H and O–H groups in total. The molecule has 4 fully saturated rings. The van der Waals surface area contributed by atoms with Crippen LogP contribution in [0.15, 0.2) is 148 Å². The highest BCUT2D eigenvalue weighted by Gasteiger charge is 2.64. The number of carbonyl (C=O) groups excluding carboxylic acids is 9. The molecule has 131 heavy (non-hydrogen) atoms. The van der Waals surface area contributed by atoms with Gasteiger partial charge in [-0.3, -0.25) is 57.1 Å². The number of aliphatic hydroxyl groups excluding tert-OH is 6. The summed E-state index contributed by atoms with van der Waals surface area (Å²) in [6.07, 6.45) is 5.97. The topological polar surface area (TPSA) is 547 Å². The minimum atomic E-state index is -3.58. The summed E-state index contributed by atoms with van der Waals surface area (Å²) in [6.45, 7) is 15.4. The van der Waals surface area contributed by atoms with Gasteiger partial charge in [0.25, 0.3) is 17.7 Å². The minimum absolute atomic E-state index is 0.0171. The standard InChI is InChI=1S/C35H43N2O10P.C32H34N2O8.C31H34N2O8/c1-4-7-8-14-37(48(45,46-5-2)47-6-3)19-20-10-9-11-21(15-20)24-12-13-26(38)29-25(24)17-22-16-23-18-27(39)30(34(36)43)33(42)35(23,44)32(41)28(22)31(29)40;1-42-24-8-5-16(15-34-9-3-2-4-10-34)11-20(24)19-6-7-22(35)26-21(19)13-17-12-18-14-23(36)27(31(33)40)30(39)32(18,41)29(38)25(17)28(26)37;1-14(2)12-33-13-15-4-7-23(41-3)19(8-15)18-5-6-21(34)25-20(18)10-16-9-17-11-22(35)26(30(32)39)29(38)31(17,40)28(37)24(16)27(25)36/h9-13,15,22-23,38,40,42,44H,4-8,14,16-19H2,1-3H3,(H2,36,43);5-8,11,17-18,35,37,39,41H,2-4,9-10,12-15H2,1H3,(H2,33,40);4-8,14,16-17,33-34,36,38,40H,9-13H2,1-3H3,(H2,32,39)/t22-,23+,35+;17-,18+,32+;16-,17+,31+/m111/s1. The number of phenols is 3. The van der Waals surface area contributed by atoms with Gasteiger partial charge in [0, 0.05) is 91.0 Å². The van der Waals surface area contributed by atoms with E-state index in [-0.39, 0.29) is 128 Å². The van der Waals surface area contributed by atoms with Crippen molar-refractivity contribution in [1.82, 2.24) is 14.9 Å². The summed E-state index contributed by atoms with van der Waals surface area (Å²) < 4.78 is 38.3. The van der Waals surface area contributed by atoms with E-state index in [0.717, 1.165) is 84.4 Å². The van der Waals surface area contributed by atoms with Crippen molar-refractivity contribution in [3.8, 4) is 62.1 Å². The molecular weight excluding hydrogens is 1710 g/mol. The van der Waals surface area contributed by atoms with Gasteiger partial charge in [0.2, 0.25) is 17.3 Å². The number of methoxy groups -OCH3 is 2. The summed E-state index contributed by atoms with van der Waals surface area (Å²) in [6, 6.07) is 28.8. The Kier molecular flexibility index (Phi) is 27.3. The lowest BCUT2D eigenvalue weighted by Crippen LogP contribution is -2.58. The number of likely N-dealkylation sites (tertiary alicyclic amines) is 1. The Labute approximate surface area is 755 Å². The summed E-state index contributed by atoms with van der Waals surface area (Å²) in [5.74, 6) is -18.1. The number of carbonyl (C=O) groups is 9. The number of nitrogens with two attached hydrogens (primary N) is 3. The van der Waals surface area contributed by atoms with Crippen LogP contribution in [0.25, 0.3) is 50.7 Å². The molecule has 1 aliphatic heterocycles. The van der Waals surface area contributed by atoms with E-state index in [1.807, 2.05) is 54.6 Å². The average Bonchev–Trinajstić information content (AvgIpc) is 0.713. The van der Waals surface area contributed by atoms with Crippen molar-refractivity contribution in [3.05, 3.63) is 198 Å². The van der Waals surface area contributed by atoms with Crippen molar-refractivity contribution in [2.75, 3.05) is 53.6 Å². The number of ketones is 6. The maximum absolute atomic E-state index is 13.8. The first kappa shape index (κ1) is 95.0. The van der Waals surface area contributed by atoms with Crippen LogP contribution < -0.4 is 32.0 Å². The van der Waals surface area contributed by atoms with E-state index in [1.165, 1.54) is 37.5 Å². The Bertz CT molecular complexity index is 6000. The Morgan fingerprint density at radius 1 is 0.496 bits per heavy atom. The average molecular weight is 1820 g/mol. The molecule has 0 radical (unpaired) electrons. The number of amides is 3. The van der Waals surface area contributed by atoms with Crippen LogP contribution >= 0.6 is 7.75 Å². The van der Waals surface area contributed by atoms with Gasteiger partial charge in [-0.05, 0) is 219 Å². The Balaban J connectivity index is 0.000000159. The molecule has 9 atom stereocenters. The summed E-state index contributed by atoms with van der Waals surface area (Å²) in [7, 11) is -0.446. The Morgan fingerprint density at radius 3 is 1.28 bits per heavy atom. The van der Waals surface area contributed by atoms with Crippen molar-refractivity contribution in [1.29, 1.82) is 0 Å². The van der Waals surface area contributed by atoms with E-state index >= 15 is 0 Å². The van der Waals surface area contributed by atoms with Gasteiger partial charge in [0.1, 0.15) is 80.0 Å². The third kappa shape index (κ3) is 16.9. The fraction of sp³-hybridized carbons (Fsp3) is 0.418. The summed E-state index contributed by atoms with van der Waals surface area (Å²) in [5.41, 5.74) is 14.2. The molecule has 0 spiro atoms. The summed E-state index contributed by atoms with van der Waals surface area (Å²) in [4.78, 5) is 117. The van der Waals surface area contributed by atoms with Gasteiger partial charge in [0.05, 0.1) is 44.1 Å². The van der Waals surface area contributed by atoms with Crippen molar-refractivity contribution in [3.63, 3.8) is 0 Å². The number of Topliss-reactive ketones (excluding diaryl/α,β-unsaturated/α-hetero) is 6. The molecule has 1 heterocycles. The second kappa shape index (κ2) is 37.6. The number of unbranched alkanes of at least 4 members (excludes halogenated alkanes) is 2. The largest absolute Gasteiger partial charge is 0.508 e. The van der Waals surface area contributed by atoms with Gasteiger partial charge in [-0.15, -0.1) is 0 Å². The normalized spacial score (nSPS) is 24.1. The summed E-state index contributed by atoms with van der Waals surface area (Å²) >= 11 is 0. The Hall–Kier alpha value is -12.1. The number of primary amides is 3. The number of fused-ring (bicyclic) bond motifs is 9. The quantitative estimate of drug-likeness (QED) is 0.0144. The number of aliphatic hydroxyl groups is 9. The lowest BCUT2D eigenvalue weighted by atomic mass is 9.59. The highest BCUT2D eigenvalue weighted by atomic mass is 31.2. The predicted molar refractivity (Wildman–Crippen MR) is 480 cm³/mol. The highest BCUT2D eigenvalue weighted by molar-refractivity contribution is 7.51. The molecule has 16 rings (SSSR count). The van der Waals surface area contributed by atoms with E-state index in [2.05, 4.69) is 37.1 Å². The number of nitrogens with one attached hydrogen (secondary N) is 1. The molecule has 1 saturated heterocycles. The first-order chi connectivity index (χ1) is 62.3. The number of nitrogens with zero attached hydrogens (tertiary/aromatic N) is 2. The zero-order valence-corrected chi connectivity index (χ0v) is 74.8. The maximum Gasteiger partial charge on any atom is 0.408 e. The van der Waals surface area contributed by atoms with Crippen LogP contribution in [0, 0.1) is 41.4 Å². The van der Waals surface area contributed by atoms with Crippen molar-refractivity contribution in [2.24, 2.45) is 58.6 Å². The molecule has 10 aliphatic rings. The van der Waals surface area contributed by atoms with Gasteiger partial charge in [-0.1, -0.05) is 88.6 Å². The molecule has 3 saturated carbocycles. The molecule has 694 valence electrons. The van der Waals surface area contributed by atoms with E-state index in [9.17, 15) is 109 Å². The summed E-state index contributed by atoms with van der Waals surface area (Å²) in [5, 5.41) is 137. The molecule has 9 aliphatic carbocycles. The second-order valence-electron chi connectivity index (χ2n) is 35.7. The molecule has 0 bridgehead atoms. The Morgan fingerprint density at radius 2 is 0.893 bits per heavy atom. The van der Waals surface area contributed by atoms with Crippen LogP contribution in [0.5, 0.6) is 28.7 Å². The maximum atomic E-state index is 13.8. The third-order valence-electron chi connectivity index (χ3n) is 27.2. The number of hydrogen-bond acceptors (Lipinski definition) is 28. The number of hydrogen-bond donors (Lipinski definition) is 16. The van der Waals surface area contributed by atoms with E-state index in [4.69, 9.17) is 35.7 Å². The van der Waals surface area contributed by atoms with Crippen LogP contribution in [0.2, 0.25) is 0 Å². The lowest BCUT2D eigenvalue weighted by Gasteiger charge is -2.46. The molecule has 0 unspecified atom stereocenters. The third-order valence-corrected chi connectivity index (χ3v) is 29.4. The van der Waals surface area contributed by atoms with Crippen LogP contribution in [0.3, 0.4) is 0 Å². The zero-order valence-electron chi connectivity index (χ0n) is 73.9. The number of piperidine rings is 1. The SMILES string of the molecule is CCCCCN(Cc1cccc(-c2ccc(O)c3c2C[C@H]2C[C@H]4CC(=O)C(C(N)=O)=C(O)[C@@]4(O)C(=O)C2=C3O)c1)P(=O)(OCC)OCC.COc1ccc(CN2CCCCC2)cc1-c1ccc(O)c2c1C[C@H]1C[C@H]3CC(=O)C(C(N)=O)=C(O)[C@@]3(O)C(=O)C1=C2O.COc1ccc(CNCC(C)C)cc1-c1ccc(O)c2c1C[C@H]1C[C@H]3CC(=O)C(C(N)=O)=C(O)[C@@]3(O)C(=O)C1=C2O. The van der Waals surface area contributed by atoms with Gasteiger partial charge < -0.3 is 93.3 Å². The van der Waals surface area contributed by atoms with E-state index in [0.29, 0.717) is 58.3 Å². The number of aromatic hydroxyl groups is 3. The van der Waals surface area contributed by atoms with Crippen molar-refractivity contribution in [2.45, 2.75) is 167 Å². The molecule has 6 aromatic carbocycles. The first-order valence-corrected chi connectivity index (χ1v) is 45.7. The zero-order chi connectivity index (χ0) is 94.7. The highest BCUT2D eigenvalue weighted by Crippen LogP contribution is 2.59. The first-order valence-electron chi connectivity index (χ1n) is 44.3. The second-order valence-corrected chi connectivity index (χ2v) is 37.7. The van der Waals surface area contributed by atoms with Crippen LogP contribution in [-0.2, 0) is 95.7 Å². The number of rotatable bonds is 25. The van der Waals surface area contributed by atoms with E-state index in [1.54, 1.807) is 50.9 Å². The fourth-order valence-corrected chi connectivity index (χ4v) is 22.8. The minimum Gasteiger partial charge on any atom is -0.508 e. The monoisotopic (exact) mass is 1820 g/mol. The molecular formula is C98H111N6O26P. The van der Waals surface area contributed by atoms with Gasteiger partial charge in [0.15, 0.2) is 34.2 Å². The fourth-order valence-electron chi connectivity index (χ4n) is 21.1. The molecule has 32 nitrogen and oxygen atoms in total. The molecule has 33 heteroatoms. The van der Waals surface area contributed by atoms with Crippen LogP contribution in [-0.4, -0.2) is 194 Å². The van der Waals surface area contributed by atoms with Gasteiger partial charge in [-0.2, -0.15) is 0 Å². The number of phenolic OH excluding ortho intramolecular Hbond substituents is 3. The smallest absolute Gasteiger partial charge is 0.408 e. The van der Waals surface area contributed by atoms with Crippen molar-refractivity contribution >= 4 is 77.4 Å². The predicted octanol–water partition coefficient (Wildman–Crippen LogP) is 11.2. The number of benzene rings is 6. The number of ether oxygens (including phenoxy) is 2. The van der Waals surface area contributed by atoms with Crippen molar-refractivity contribution < 1.29 is 128 Å². The van der Waals surface area contributed by atoms with Crippen LogP contribution in [0.4, 0.5) is 0 Å².